The molecular weight excluding hydrogens is 392 g/mol. The Morgan fingerprint density at radius 1 is 0.966 bits per heavy atom. The van der Waals surface area contributed by atoms with Gasteiger partial charge in [-0.15, -0.1) is 10.2 Å². The van der Waals surface area contributed by atoms with E-state index in [0.717, 1.165) is 10.6 Å². The molecule has 1 aliphatic heterocycles. The summed E-state index contributed by atoms with van der Waals surface area (Å²) in [6.07, 6.45) is 0.542. The zero-order valence-electron chi connectivity index (χ0n) is 15.2. The number of imide groups is 1. The van der Waals surface area contributed by atoms with E-state index in [4.69, 9.17) is 4.74 Å². The van der Waals surface area contributed by atoms with Crippen LogP contribution in [-0.2, 0) is 11.2 Å². The minimum Gasteiger partial charge on any atom is -0.493 e. The van der Waals surface area contributed by atoms with Crippen LogP contribution in [0.4, 0.5) is 5.13 Å². The Morgan fingerprint density at radius 3 is 2.31 bits per heavy atom. The lowest BCUT2D eigenvalue weighted by molar-refractivity contribution is -0.116. The normalized spacial score (nSPS) is 12.8. The lowest BCUT2D eigenvalue weighted by Gasteiger charge is -2.12. The maximum atomic E-state index is 12.3. The molecule has 0 aliphatic carbocycles. The number of carbonyl (C=O) groups is 3. The van der Waals surface area contributed by atoms with E-state index in [9.17, 15) is 14.4 Å². The van der Waals surface area contributed by atoms with Crippen molar-refractivity contribution in [2.45, 2.75) is 6.42 Å². The van der Waals surface area contributed by atoms with Crippen molar-refractivity contribution in [2.24, 2.45) is 0 Å². The summed E-state index contributed by atoms with van der Waals surface area (Å²) in [7, 11) is 0. The quantitative estimate of drug-likeness (QED) is 0.603. The van der Waals surface area contributed by atoms with Crippen LogP contribution in [0.5, 0.6) is 5.75 Å². The molecule has 1 aromatic heterocycles. The highest BCUT2D eigenvalue weighted by Crippen LogP contribution is 2.22. The number of para-hydroxylation sites is 1. The zero-order valence-corrected chi connectivity index (χ0v) is 16.0. The van der Waals surface area contributed by atoms with Gasteiger partial charge < -0.3 is 4.74 Å². The van der Waals surface area contributed by atoms with Gasteiger partial charge in [-0.25, -0.2) is 0 Å². The van der Waals surface area contributed by atoms with Crippen LogP contribution in [0.2, 0.25) is 0 Å². The maximum absolute atomic E-state index is 12.3. The van der Waals surface area contributed by atoms with E-state index >= 15 is 0 Å². The van der Waals surface area contributed by atoms with Crippen molar-refractivity contribution in [3.63, 3.8) is 0 Å². The first-order chi connectivity index (χ1) is 14.1. The molecule has 3 aromatic rings. The molecule has 0 radical (unpaired) electrons. The number of nitrogens with zero attached hydrogens (tertiary/aromatic N) is 3. The number of nitrogens with one attached hydrogen (secondary N) is 1. The second-order valence-corrected chi connectivity index (χ2v) is 7.26. The Kier molecular flexibility index (Phi) is 5.30. The minimum absolute atomic E-state index is 0.307. The van der Waals surface area contributed by atoms with E-state index in [1.54, 1.807) is 24.3 Å². The molecule has 1 N–H and O–H groups in total. The Hall–Kier alpha value is -3.59. The van der Waals surface area contributed by atoms with Gasteiger partial charge in [0.1, 0.15) is 17.3 Å². The van der Waals surface area contributed by atoms with Crippen LogP contribution in [0.15, 0.2) is 54.6 Å². The van der Waals surface area contributed by atoms with Gasteiger partial charge in [-0.05, 0) is 24.3 Å². The molecule has 4 rings (SSSR count). The van der Waals surface area contributed by atoms with Gasteiger partial charge in [0.15, 0.2) is 0 Å². The monoisotopic (exact) mass is 408 g/mol. The third-order valence-electron chi connectivity index (χ3n) is 4.22. The van der Waals surface area contributed by atoms with Crippen LogP contribution in [0.25, 0.3) is 0 Å². The second kappa shape index (κ2) is 8.19. The summed E-state index contributed by atoms with van der Waals surface area (Å²) in [5, 5.41) is 11.5. The third kappa shape index (κ3) is 4.14. The van der Waals surface area contributed by atoms with Gasteiger partial charge in [0.05, 0.1) is 17.7 Å². The largest absolute Gasteiger partial charge is 0.493 e. The molecule has 2 aromatic carbocycles. The minimum atomic E-state index is -0.511. The second-order valence-electron chi connectivity index (χ2n) is 6.20. The van der Waals surface area contributed by atoms with E-state index in [2.05, 4.69) is 15.5 Å². The Balaban J connectivity index is 1.29. The number of anilines is 1. The summed E-state index contributed by atoms with van der Waals surface area (Å²) in [5.74, 6) is -0.692. The van der Waals surface area contributed by atoms with Crippen molar-refractivity contribution in [1.82, 2.24) is 15.1 Å². The molecule has 0 unspecified atom stereocenters. The number of benzene rings is 2. The first kappa shape index (κ1) is 18.8. The highest BCUT2D eigenvalue weighted by Gasteiger charge is 2.36. The van der Waals surface area contributed by atoms with Crippen LogP contribution in [-0.4, -0.2) is 46.0 Å². The highest BCUT2D eigenvalue weighted by atomic mass is 32.1. The van der Waals surface area contributed by atoms with Gasteiger partial charge in [-0.1, -0.05) is 41.7 Å². The number of hydrogen-bond donors (Lipinski definition) is 1. The van der Waals surface area contributed by atoms with E-state index < -0.39 is 17.7 Å². The van der Waals surface area contributed by atoms with Gasteiger partial charge in [0.25, 0.3) is 11.8 Å². The molecule has 29 heavy (non-hydrogen) atoms. The summed E-state index contributed by atoms with van der Waals surface area (Å²) in [6.45, 7) is 0.0556. The highest BCUT2D eigenvalue weighted by molar-refractivity contribution is 7.15. The molecule has 2 heterocycles. The smallest absolute Gasteiger partial charge is 0.262 e. The van der Waals surface area contributed by atoms with Crippen molar-refractivity contribution in [3.8, 4) is 5.75 Å². The van der Waals surface area contributed by atoms with Gasteiger partial charge in [0, 0.05) is 6.42 Å². The van der Waals surface area contributed by atoms with Crippen molar-refractivity contribution in [2.75, 3.05) is 18.5 Å². The molecule has 3 amide bonds. The molecular formula is C20H16N4O4S. The number of rotatable bonds is 7. The number of aromatic nitrogens is 2. The average molecular weight is 408 g/mol. The van der Waals surface area contributed by atoms with E-state index in [-0.39, 0.29) is 6.54 Å². The van der Waals surface area contributed by atoms with E-state index in [0.29, 0.717) is 34.3 Å². The molecule has 1 aliphatic rings. The molecule has 0 saturated heterocycles. The summed E-state index contributed by atoms with van der Waals surface area (Å²) in [6, 6.07) is 15.9. The lowest BCUT2D eigenvalue weighted by atomic mass is 10.1. The van der Waals surface area contributed by atoms with Crippen LogP contribution < -0.4 is 10.1 Å². The van der Waals surface area contributed by atoms with Crippen LogP contribution in [0, 0.1) is 0 Å². The topological polar surface area (TPSA) is 101 Å². The molecule has 0 atom stereocenters. The molecule has 8 nitrogen and oxygen atoms in total. The molecule has 9 heteroatoms. The Morgan fingerprint density at radius 2 is 1.62 bits per heavy atom. The summed E-state index contributed by atoms with van der Waals surface area (Å²) < 4.78 is 5.61. The van der Waals surface area contributed by atoms with E-state index in [1.807, 2.05) is 30.3 Å². The molecule has 0 saturated carbocycles. The first-order valence-corrected chi connectivity index (χ1v) is 9.69. The predicted molar refractivity (Wildman–Crippen MR) is 106 cm³/mol. The van der Waals surface area contributed by atoms with Crippen molar-refractivity contribution < 1.29 is 19.1 Å². The predicted octanol–water partition coefficient (Wildman–Crippen LogP) is 2.39. The van der Waals surface area contributed by atoms with Crippen LogP contribution in [0.1, 0.15) is 25.7 Å². The lowest BCUT2D eigenvalue weighted by Crippen LogP contribution is -2.37. The number of hydrogen-bond acceptors (Lipinski definition) is 7. The number of carbonyl (C=O) groups excluding carboxylic acids is 3. The van der Waals surface area contributed by atoms with Gasteiger partial charge in [-0.3, -0.25) is 24.6 Å². The summed E-state index contributed by atoms with van der Waals surface area (Å²) >= 11 is 1.22. The number of ether oxygens (including phenoxy) is 1. The van der Waals surface area contributed by atoms with E-state index in [1.165, 1.54) is 11.3 Å². The van der Waals surface area contributed by atoms with Gasteiger partial charge >= 0.3 is 0 Å². The Labute approximate surface area is 170 Å². The first-order valence-electron chi connectivity index (χ1n) is 8.87. The van der Waals surface area contributed by atoms with Gasteiger partial charge in [-0.2, -0.15) is 0 Å². The van der Waals surface area contributed by atoms with Gasteiger partial charge in [0.2, 0.25) is 11.0 Å². The Bertz CT molecular complexity index is 1030. The maximum Gasteiger partial charge on any atom is 0.262 e. The average Bonchev–Trinajstić information content (AvgIpc) is 3.27. The fraction of sp³-hybridized carbons (Fsp3) is 0.150. The fourth-order valence-corrected chi connectivity index (χ4v) is 3.60. The molecule has 0 bridgehead atoms. The van der Waals surface area contributed by atoms with Crippen molar-refractivity contribution in [1.29, 1.82) is 0 Å². The standard InChI is InChI=1S/C20H16N4O4S/c25-16(12-24-18(26)14-8-4-5-9-15(14)19(24)27)21-20-23-22-17(29-20)10-11-28-13-6-2-1-3-7-13/h1-9H,10-12H2,(H,21,23,25). The molecule has 0 spiro atoms. The van der Waals surface area contributed by atoms with Crippen molar-refractivity contribution >= 4 is 34.2 Å². The van der Waals surface area contributed by atoms with Crippen molar-refractivity contribution in [3.05, 3.63) is 70.7 Å². The fourth-order valence-electron chi connectivity index (χ4n) is 2.86. The zero-order chi connectivity index (χ0) is 20.2. The summed E-state index contributed by atoms with van der Waals surface area (Å²) in [4.78, 5) is 37.8. The molecule has 0 fully saturated rings. The SMILES string of the molecule is O=C(CN1C(=O)c2ccccc2C1=O)Nc1nnc(CCOc2ccccc2)s1. The van der Waals surface area contributed by atoms with Crippen LogP contribution in [0.3, 0.4) is 0 Å². The third-order valence-corrected chi connectivity index (χ3v) is 5.12. The number of amides is 3. The van der Waals surface area contributed by atoms with Crippen LogP contribution >= 0.6 is 11.3 Å². The molecule has 146 valence electrons. The number of fused-ring (bicyclic) bond motifs is 1. The summed E-state index contributed by atoms with van der Waals surface area (Å²) in [5.41, 5.74) is 0.615.